The molecule has 0 saturated carbocycles. The molecule has 4 nitrogen and oxygen atoms in total. The van der Waals surface area contributed by atoms with E-state index in [4.69, 9.17) is 0 Å². The molecule has 2 rings (SSSR count). The highest BCUT2D eigenvalue weighted by Crippen LogP contribution is 2.10. The molecular formula is C16H25N3O. The summed E-state index contributed by atoms with van der Waals surface area (Å²) >= 11 is 0. The molecule has 0 aliphatic carbocycles. The van der Waals surface area contributed by atoms with Crippen molar-refractivity contribution in [3.8, 4) is 0 Å². The van der Waals surface area contributed by atoms with Crippen LogP contribution in [0.2, 0.25) is 0 Å². The lowest BCUT2D eigenvalue weighted by Gasteiger charge is -2.16. The third-order valence-corrected chi connectivity index (χ3v) is 3.90. The van der Waals surface area contributed by atoms with Gasteiger partial charge in [-0.1, -0.05) is 30.3 Å². The Bertz CT molecular complexity index is 407. The minimum atomic E-state index is 0.108. The zero-order valence-electron chi connectivity index (χ0n) is 12.3. The number of benzene rings is 1. The Labute approximate surface area is 121 Å². The Morgan fingerprint density at radius 1 is 1.35 bits per heavy atom. The van der Waals surface area contributed by atoms with Crippen LogP contribution in [0.5, 0.6) is 0 Å². The molecule has 20 heavy (non-hydrogen) atoms. The van der Waals surface area contributed by atoms with Crippen molar-refractivity contribution in [1.82, 2.24) is 15.5 Å². The minimum absolute atomic E-state index is 0.108. The van der Waals surface area contributed by atoms with Crippen molar-refractivity contribution in [2.24, 2.45) is 0 Å². The van der Waals surface area contributed by atoms with Crippen LogP contribution < -0.4 is 10.6 Å². The number of likely N-dealkylation sites (tertiary alicyclic amines) is 1. The molecule has 0 spiro atoms. The second-order valence-electron chi connectivity index (χ2n) is 5.40. The highest BCUT2D eigenvalue weighted by Gasteiger charge is 2.21. The lowest BCUT2D eigenvalue weighted by atomic mass is 10.1. The quantitative estimate of drug-likeness (QED) is 0.781. The summed E-state index contributed by atoms with van der Waals surface area (Å²) in [4.78, 5) is 13.7. The second kappa shape index (κ2) is 8.02. The molecule has 1 aliphatic heterocycles. The summed E-state index contributed by atoms with van der Waals surface area (Å²) in [6, 6.07) is 11.2. The van der Waals surface area contributed by atoms with Gasteiger partial charge in [0, 0.05) is 39.1 Å². The van der Waals surface area contributed by atoms with Gasteiger partial charge < -0.3 is 15.5 Å². The van der Waals surface area contributed by atoms with E-state index in [1.807, 2.05) is 0 Å². The normalized spacial score (nSPS) is 19.1. The molecule has 1 heterocycles. The lowest BCUT2D eigenvalue weighted by Crippen LogP contribution is -2.35. The average Bonchev–Trinajstić information content (AvgIpc) is 2.94. The van der Waals surface area contributed by atoms with Crippen molar-refractivity contribution < 1.29 is 4.79 Å². The Hall–Kier alpha value is -1.39. The highest BCUT2D eigenvalue weighted by atomic mass is 16.1. The molecule has 4 heteroatoms. The maximum Gasteiger partial charge on any atom is 0.221 e. The lowest BCUT2D eigenvalue weighted by molar-refractivity contribution is -0.120. The molecule has 110 valence electrons. The first-order valence-corrected chi connectivity index (χ1v) is 7.48. The topological polar surface area (TPSA) is 44.4 Å². The van der Waals surface area contributed by atoms with Gasteiger partial charge in [-0.2, -0.15) is 0 Å². The van der Waals surface area contributed by atoms with E-state index in [2.05, 4.69) is 45.9 Å². The number of nitrogens with zero attached hydrogens (tertiary/aromatic N) is 1. The van der Waals surface area contributed by atoms with E-state index in [1.54, 1.807) is 7.05 Å². The molecule has 0 bridgehead atoms. The summed E-state index contributed by atoms with van der Waals surface area (Å²) in [7, 11) is 1.68. The van der Waals surface area contributed by atoms with Crippen LogP contribution in [-0.2, 0) is 11.2 Å². The predicted octanol–water partition coefficient (Wildman–Crippen LogP) is 1.03. The van der Waals surface area contributed by atoms with Gasteiger partial charge in [0.15, 0.2) is 0 Å². The molecule has 1 fully saturated rings. The molecule has 1 saturated heterocycles. The molecule has 1 aromatic rings. The summed E-state index contributed by atoms with van der Waals surface area (Å²) in [5, 5.41) is 6.12. The monoisotopic (exact) mass is 275 g/mol. The highest BCUT2D eigenvalue weighted by molar-refractivity contribution is 5.75. The minimum Gasteiger partial charge on any atom is -0.359 e. The van der Waals surface area contributed by atoms with E-state index in [1.165, 1.54) is 12.0 Å². The van der Waals surface area contributed by atoms with Crippen LogP contribution in [0.3, 0.4) is 0 Å². The van der Waals surface area contributed by atoms with Gasteiger partial charge in [-0.3, -0.25) is 4.79 Å². The average molecular weight is 275 g/mol. The molecule has 0 radical (unpaired) electrons. The predicted molar refractivity (Wildman–Crippen MR) is 81.7 cm³/mol. The Morgan fingerprint density at radius 3 is 2.90 bits per heavy atom. The molecular weight excluding hydrogens is 250 g/mol. The van der Waals surface area contributed by atoms with Crippen molar-refractivity contribution >= 4 is 5.91 Å². The third kappa shape index (κ3) is 4.94. The fourth-order valence-corrected chi connectivity index (χ4v) is 2.65. The molecule has 1 aliphatic rings. The van der Waals surface area contributed by atoms with Crippen LogP contribution in [0.25, 0.3) is 0 Å². The van der Waals surface area contributed by atoms with Crippen LogP contribution in [0.1, 0.15) is 18.4 Å². The van der Waals surface area contributed by atoms with Gasteiger partial charge in [0.1, 0.15) is 0 Å². The molecule has 1 atom stereocenters. The van der Waals surface area contributed by atoms with Crippen molar-refractivity contribution in [1.29, 1.82) is 0 Å². The number of nitrogens with one attached hydrogen (secondary N) is 2. The molecule has 1 aromatic carbocycles. The van der Waals surface area contributed by atoms with Gasteiger partial charge in [0.25, 0.3) is 0 Å². The molecule has 0 aromatic heterocycles. The number of hydrogen-bond donors (Lipinski definition) is 2. The first kappa shape index (κ1) is 15.0. The first-order chi connectivity index (χ1) is 9.78. The Morgan fingerprint density at radius 2 is 2.15 bits per heavy atom. The fourth-order valence-electron chi connectivity index (χ4n) is 2.65. The van der Waals surface area contributed by atoms with Crippen LogP contribution in [0.4, 0.5) is 0 Å². The van der Waals surface area contributed by atoms with E-state index in [9.17, 15) is 4.79 Å². The van der Waals surface area contributed by atoms with Crippen molar-refractivity contribution in [3.63, 3.8) is 0 Å². The molecule has 2 N–H and O–H groups in total. The Kier molecular flexibility index (Phi) is 6.02. The molecule has 1 amide bonds. The number of amides is 1. The van der Waals surface area contributed by atoms with Crippen molar-refractivity contribution in [2.75, 3.05) is 33.2 Å². The maximum absolute atomic E-state index is 11.1. The number of rotatable bonds is 7. The van der Waals surface area contributed by atoms with E-state index >= 15 is 0 Å². The number of carbonyl (C=O) groups is 1. The van der Waals surface area contributed by atoms with E-state index in [0.717, 1.165) is 32.6 Å². The smallest absolute Gasteiger partial charge is 0.221 e. The SMILES string of the molecule is CNC(=O)CCNC1CCN(CCc2ccccc2)C1. The summed E-state index contributed by atoms with van der Waals surface area (Å²) in [6.07, 6.45) is 2.87. The van der Waals surface area contributed by atoms with E-state index < -0.39 is 0 Å². The van der Waals surface area contributed by atoms with E-state index in [-0.39, 0.29) is 5.91 Å². The summed E-state index contributed by atoms with van der Waals surface area (Å²) in [5.74, 6) is 0.108. The van der Waals surface area contributed by atoms with Crippen LogP contribution in [0, 0.1) is 0 Å². The largest absolute Gasteiger partial charge is 0.359 e. The van der Waals surface area contributed by atoms with Crippen LogP contribution >= 0.6 is 0 Å². The van der Waals surface area contributed by atoms with Crippen LogP contribution in [-0.4, -0.2) is 50.1 Å². The first-order valence-electron chi connectivity index (χ1n) is 7.48. The fraction of sp³-hybridized carbons (Fsp3) is 0.562. The summed E-state index contributed by atoms with van der Waals surface area (Å²) in [5.41, 5.74) is 1.41. The Balaban J connectivity index is 1.61. The van der Waals surface area contributed by atoms with Gasteiger partial charge in [-0.15, -0.1) is 0 Å². The standard InChI is InChI=1S/C16H25N3O/c1-17-16(20)7-10-18-15-9-12-19(13-15)11-8-14-5-3-2-4-6-14/h2-6,15,18H,7-13H2,1H3,(H,17,20). The molecule has 1 unspecified atom stereocenters. The zero-order valence-corrected chi connectivity index (χ0v) is 12.3. The van der Waals surface area contributed by atoms with Crippen molar-refractivity contribution in [3.05, 3.63) is 35.9 Å². The van der Waals surface area contributed by atoms with E-state index in [0.29, 0.717) is 12.5 Å². The second-order valence-corrected chi connectivity index (χ2v) is 5.40. The summed E-state index contributed by atoms with van der Waals surface area (Å²) in [6.45, 7) is 4.15. The maximum atomic E-state index is 11.1. The van der Waals surface area contributed by atoms with Gasteiger partial charge in [-0.25, -0.2) is 0 Å². The number of hydrogen-bond acceptors (Lipinski definition) is 3. The number of carbonyl (C=O) groups excluding carboxylic acids is 1. The van der Waals surface area contributed by atoms with Gasteiger partial charge in [0.2, 0.25) is 5.91 Å². The van der Waals surface area contributed by atoms with Gasteiger partial charge in [0.05, 0.1) is 0 Å². The van der Waals surface area contributed by atoms with Crippen molar-refractivity contribution in [2.45, 2.75) is 25.3 Å². The van der Waals surface area contributed by atoms with Crippen LogP contribution in [0.15, 0.2) is 30.3 Å². The zero-order chi connectivity index (χ0) is 14.2. The third-order valence-electron chi connectivity index (χ3n) is 3.90. The summed E-state index contributed by atoms with van der Waals surface area (Å²) < 4.78 is 0. The van der Waals surface area contributed by atoms with Gasteiger partial charge >= 0.3 is 0 Å². The van der Waals surface area contributed by atoms with Gasteiger partial charge in [-0.05, 0) is 24.9 Å².